The third-order valence-corrected chi connectivity index (χ3v) is 9.00. The third-order valence-electron chi connectivity index (χ3n) is 9.00. The van der Waals surface area contributed by atoms with Crippen molar-refractivity contribution in [2.75, 3.05) is 30.0 Å². The second-order valence-corrected chi connectivity index (χ2v) is 13.2. The fourth-order valence-electron chi connectivity index (χ4n) is 6.65. The van der Waals surface area contributed by atoms with Crippen LogP contribution in [0.2, 0.25) is 0 Å². The van der Waals surface area contributed by atoms with Crippen LogP contribution >= 0.6 is 0 Å². The van der Waals surface area contributed by atoms with E-state index < -0.39 is 17.7 Å². The van der Waals surface area contributed by atoms with Crippen LogP contribution in [0.3, 0.4) is 0 Å². The Hall–Kier alpha value is -3.40. The minimum Gasteiger partial charge on any atom is -0.443 e. The summed E-state index contributed by atoms with van der Waals surface area (Å²) in [7, 11) is 0. The maximum atomic E-state index is 13.9. The molecule has 1 aliphatic carbocycles. The summed E-state index contributed by atoms with van der Waals surface area (Å²) >= 11 is 0. The standard InChI is InChI=1S/C32H45N5O5/c1-6-37-25(13-16-33-37)28(38)35-27(22-9-7-21(2)8-10-22)29(39)34-23-11-12-24-26(19-23)36(30(40)42-31(3,4)5)20-32(24)14-17-41-18-15-32/h11-13,16,19,21-22,27H,6-10,14-15,17-18,20H2,1-5H3,(H,34,39)(H,35,38)/t21-,22-,27?. The summed E-state index contributed by atoms with van der Waals surface area (Å²) in [6.45, 7) is 12.1. The van der Waals surface area contributed by atoms with Crippen molar-refractivity contribution in [3.05, 3.63) is 41.7 Å². The number of fused-ring (bicyclic) bond motifs is 2. The molecule has 0 bridgehead atoms. The summed E-state index contributed by atoms with van der Waals surface area (Å²) in [5.41, 5.74) is 2.01. The largest absolute Gasteiger partial charge is 0.443 e. The number of carbonyl (C=O) groups excluding carboxylic acids is 3. The van der Waals surface area contributed by atoms with E-state index in [2.05, 4.69) is 22.7 Å². The summed E-state index contributed by atoms with van der Waals surface area (Å²) in [5, 5.41) is 10.3. The number of nitrogens with zero attached hydrogens (tertiary/aromatic N) is 3. The van der Waals surface area contributed by atoms with Crippen molar-refractivity contribution in [3.8, 4) is 0 Å². The van der Waals surface area contributed by atoms with Gasteiger partial charge in [-0.1, -0.05) is 25.8 Å². The minimum atomic E-state index is -0.692. The Balaban J connectivity index is 1.41. The van der Waals surface area contributed by atoms with E-state index in [1.807, 2.05) is 45.9 Å². The van der Waals surface area contributed by atoms with E-state index in [9.17, 15) is 14.4 Å². The highest BCUT2D eigenvalue weighted by Gasteiger charge is 2.47. The number of ether oxygens (including phenoxy) is 2. The van der Waals surface area contributed by atoms with Crippen molar-refractivity contribution in [1.29, 1.82) is 0 Å². The number of nitrogens with one attached hydrogen (secondary N) is 2. The van der Waals surface area contributed by atoms with Gasteiger partial charge < -0.3 is 20.1 Å². The van der Waals surface area contributed by atoms with E-state index in [0.29, 0.717) is 43.6 Å². The molecule has 3 amide bonds. The van der Waals surface area contributed by atoms with Gasteiger partial charge in [-0.05, 0) is 89.0 Å². The number of hydrogen-bond acceptors (Lipinski definition) is 6. The van der Waals surface area contributed by atoms with Gasteiger partial charge in [0.15, 0.2) is 0 Å². The van der Waals surface area contributed by atoms with E-state index in [-0.39, 0.29) is 23.1 Å². The smallest absolute Gasteiger partial charge is 0.414 e. The molecule has 42 heavy (non-hydrogen) atoms. The number of amides is 3. The first-order valence-corrected chi connectivity index (χ1v) is 15.4. The quantitative estimate of drug-likeness (QED) is 0.482. The Kier molecular flexibility index (Phi) is 8.64. The first kappa shape index (κ1) is 30.1. The maximum Gasteiger partial charge on any atom is 0.414 e. The number of carbonyl (C=O) groups is 3. The predicted molar refractivity (Wildman–Crippen MR) is 161 cm³/mol. The highest BCUT2D eigenvalue weighted by atomic mass is 16.6. The van der Waals surface area contributed by atoms with Crippen molar-refractivity contribution in [2.45, 2.75) is 96.7 Å². The fraction of sp³-hybridized carbons (Fsp3) is 0.625. The average Bonchev–Trinajstić information content (AvgIpc) is 3.55. The summed E-state index contributed by atoms with van der Waals surface area (Å²) in [4.78, 5) is 42.2. The van der Waals surface area contributed by atoms with Crippen LogP contribution in [-0.4, -0.2) is 59.1 Å². The molecule has 2 aromatic rings. The Labute approximate surface area is 248 Å². The van der Waals surface area contributed by atoms with Crippen LogP contribution in [0.4, 0.5) is 16.2 Å². The molecule has 1 atom stereocenters. The second-order valence-electron chi connectivity index (χ2n) is 13.2. The number of rotatable bonds is 6. The Morgan fingerprint density at radius 1 is 1.12 bits per heavy atom. The van der Waals surface area contributed by atoms with Gasteiger partial charge in [0.05, 0.1) is 5.69 Å². The number of benzene rings is 1. The first-order valence-electron chi connectivity index (χ1n) is 15.4. The monoisotopic (exact) mass is 579 g/mol. The summed E-state index contributed by atoms with van der Waals surface area (Å²) in [5.74, 6) is 0.0734. The lowest BCUT2D eigenvalue weighted by Crippen LogP contribution is -2.49. The number of aryl methyl sites for hydroxylation is 1. The fourth-order valence-corrected chi connectivity index (χ4v) is 6.65. The van der Waals surface area contributed by atoms with E-state index in [0.717, 1.165) is 49.8 Å². The molecular formula is C32H45N5O5. The normalized spacial score (nSPS) is 22.4. The molecule has 10 nitrogen and oxygen atoms in total. The van der Waals surface area contributed by atoms with Gasteiger partial charge in [0, 0.05) is 43.6 Å². The van der Waals surface area contributed by atoms with E-state index >= 15 is 0 Å². The Bertz CT molecular complexity index is 1300. The molecule has 10 heteroatoms. The van der Waals surface area contributed by atoms with Crippen molar-refractivity contribution in [2.24, 2.45) is 11.8 Å². The van der Waals surface area contributed by atoms with Crippen molar-refractivity contribution >= 4 is 29.3 Å². The molecule has 1 spiro atoms. The van der Waals surface area contributed by atoms with E-state index in [4.69, 9.17) is 9.47 Å². The molecule has 3 heterocycles. The van der Waals surface area contributed by atoms with Gasteiger partial charge in [-0.3, -0.25) is 19.2 Å². The highest BCUT2D eigenvalue weighted by molar-refractivity contribution is 6.01. The Morgan fingerprint density at radius 2 is 1.83 bits per heavy atom. The van der Waals surface area contributed by atoms with Gasteiger partial charge in [-0.2, -0.15) is 5.10 Å². The van der Waals surface area contributed by atoms with Gasteiger partial charge in [0.1, 0.15) is 17.3 Å². The van der Waals surface area contributed by atoms with E-state index in [1.165, 1.54) is 0 Å². The van der Waals surface area contributed by atoms with Gasteiger partial charge in [0.25, 0.3) is 5.91 Å². The van der Waals surface area contributed by atoms with Crippen LogP contribution in [-0.2, 0) is 26.2 Å². The molecule has 1 aromatic heterocycles. The van der Waals surface area contributed by atoms with E-state index in [1.54, 1.807) is 21.8 Å². The number of aromatic nitrogens is 2. The SMILES string of the molecule is CCn1nccc1C(=O)NC(C(=O)Nc1ccc2c(c1)N(C(=O)OC(C)(C)C)CC21CCOCC1)[C@H]1CC[C@H](C)CC1. The third kappa shape index (κ3) is 6.33. The molecule has 1 saturated heterocycles. The van der Waals surface area contributed by atoms with Crippen LogP contribution in [0.1, 0.15) is 89.2 Å². The van der Waals surface area contributed by atoms with Gasteiger partial charge in [-0.15, -0.1) is 0 Å². The summed E-state index contributed by atoms with van der Waals surface area (Å²) in [6, 6.07) is 6.78. The topological polar surface area (TPSA) is 115 Å². The van der Waals surface area contributed by atoms with Crippen LogP contribution in [0.5, 0.6) is 0 Å². The lowest BCUT2D eigenvalue weighted by atomic mass is 9.76. The summed E-state index contributed by atoms with van der Waals surface area (Å²) in [6.07, 6.45) is 6.61. The number of hydrogen-bond donors (Lipinski definition) is 2. The molecular weight excluding hydrogens is 534 g/mol. The maximum absolute atomic E-state index is 13.9. The zero-order valence-corrected chi connectivity index (χ0v) is 25.6. The second kappa shape index (κ2) is 12.1. The first-order chi connectivity index (χ1) is 20.0. The highest BCUT2D eigenvalue weighted by Crippen LogP contribution is 2.48. The molecule has 1 saturated carbocycles. The van der Waals surface area contributed by atoms with Crippen LogP contribution in [0.25, 0.3) is 0 Å². The van der Waals surface area contributed by atoms with Crippen molar-refractivity contribution in [3.63, 3.8) is 0 Å². The molecule has 1 aromatic carbocycles. The Morgan fingerprint density at radius 3 is 2.50 bits per heavy atom. The lowest BCUT2D eigenvalue weighted by molar-refractivity contribution is -0.119. The predicted octanol–water partition coefficient (Wildman–Crippen LogP) is 5.27. The molecule has 2 aliphatic heterocycles. The van der Waals surface area contributed by atoms with Crippen molar-refractivity contribution < 1.29 is 23.9 Å². The van der Waals surface area contributed by atoms with Crippen LogP contribution in [0.15, 0.2) is 30.5 Å². The molecule has 0 radical (unpaired) electrons. The molecule has 1 unspecified atom stereocenters. The van der Waals surface area contributed by atoms with Crippen molar-refractivity contribution in [1.82, 2.24) is 15.1 Å². The molecule has 2 N–H and O–H groups in total. The zero-order chi connectivity index (χ0) is 30.1. The van der Waals surface area contributed by atoms with Crippen LogP contribution in [0, 0.1) is 11.8 Å². The minimum absolute atomic E-state index is 0.0290. The average molecular weight is 580 g/mol. The number of anilines is 2. The zero-order valence-electron chi connectivity index (χ0n) is 25.6. The molecule has 3 aliphatic rings. The van der Waals surface area contributed by atoms with Crippen LogP contribution < -0.4 is 15.5 Å². The molecule has 228 valence electrons. The lowest BCUT2D eigenvalue weighted by Gasteiger charge is -2.34. The van der Waals surface area contributed by atoms with Gasteiger partial charge in [-0.25, -0.2) is 4.79 Å². The summed E-state index contributed by atoms with van der Waals surface area (Å²) < 4.78 is 13.1. The molecule has 2 fully saturated rings. The van der Waals surface area contributed by atoms with Gasteiger partial charge >= 0.3 is 6.09 Å². The van der Waals surface area contributed by atoms with Gasteiger partial charge in [0.2, 0.25) is 5.91 Å². The molecule has 5 rings (SSSR count).